The second-order valence-corrected chi connectivity index (χ2v) is 4.22. The van der Waals surface area contributed by atoms with E-state index in [2.05, 4.69) is 18.8 Å². The Labute approximate surface area is 76.6 Å². The lowest BCUT2D eigenvalue weighted by Gasteiger charge is -1.97. The average Bonchev–Trinajstić information content (AvgIpc) is 2.34. The lowest BCUT2D eigenvalue weighted by molar-refractivity contribution is 0.101. The summed E-state index contributed by atoms with van der Waals surface area (Å²) in [6.07, 6.45) is 0.970. The van der Waals surface area contributed by atoms with Crippen LogP contribution in [0.15, 0.2) is 5.38 Å². The molecule has 1 aromatic rings. The first kappa shape index (κ1) is 9.39. The standard InChI is InChI=1S/C9H13NOS/c1-6(2)4-9-10-8(5-12-9)7(3)11/h5-6H,4H2,1-3H3. The van der Waals surface area contributed by atoms with Gasteiger partial charge < -0.3 is 0 Å². The van der Waals surface area contributed by atoms with Crippen molar-refractivity contribution in [2.24, 2.45) is 5.92 Å². The van der Waals surface area contributed by atoms with Crippen LogP contribution in [0.3, 0.4) is 0 Å². The predicted molar refractivity (Wildman–Crippen MR) is 50.7 cm³/mol. The van der Waals surface area contributed by atoms with Crippen LogP contribution in [0.2, 0.25) is 0 Å². The molecule has 0 bridgehead atoms. The minimum Gasteiger partial charge on any atom is -0.293 e. The summed E-state index contributed by atoms with van der Waals surface area (Å²) in [4.78, 5) is 15.1. The zero-order chi connectivity index (χ0) is 9.14. The zero-order valence-electron chi connectivity index (χ0n) is 7.63. The number of Topliss-reactive ketones (excluding diaryl/α,β-unsaturated/α-hetero) is 1. The van der Waals surface area contributed by atoms with E-state index in [1.165, 1.54) is 0 Å². The monoisotopic (exact) mass is 183 g/mol. The lowest BCUT2D eigenvalue weighted by atomic mass is 10.1. The smallest absolute Gasteiger partial charge is 0.178 e. The van der Waals surface area contributed by atoms with Crippen molar-refractivity contribution in [1.29, 1.82) is 0 Å². The van der Waals surface area contributed by atoms with Crippen LogP contribution in [-0.2, 0) is 6.42 Å². The Morgan fingerprint density at radius 3 is 2.75 bits per heavy atom. The van der Waals surface area contributed by atoms with Crippen LogP contribution < -0.4 is 0 Å². The molecule has 0 spiro atoms. The number of aromatic nitrogens is 1. The van der Waals surface area contributed by atoms with Crippen molar-refractivity contribution in [3.63, 3.8) is 0 Å². The number of rotatable bonds is 3. The average molecular weight is 183 g/mol. The summed E-state index contributed by atoms with van der Waals surface area (Å²) in [6, 6.07) is 0. The van der Waals surface area contributed by atoms with Gasteiger partial charge in [-0.1, -0.05) is 13.8 Å². The Kier molecular flexibility index (Phi) is 2.98. The molecule has 0 N–H and O–H groups in total. The first-order valence-electron chi connectivity index (χ1n) is 4.05. The van der Waals surface area contributed by atoms with Crippen LogP contribution in [0.5, 0.6) is 0 Å². The maximum atomic E-state index is 10.9. The molecule has 0 saturated carbocycles. The normalized spacial score (nSPS) is 10.7. The molecule has 2 nitrogen and oxygen atoms in total. The molecule has 0 atom stereocenters. The highest BCUT2D eigenvalue weighted by atomic mass is 32.1. The summed E-state index contributed by atoms with van der Waals surface area (Å²) < 4.78 is 0. The van der Waals surface area contributed by atoms with E-state index in [1.807, 2.05) is 5.38 Å². The van der Waals surface area contributed by atoms with Crippen molar-refractivity contribution in [3.05, 3.63) is 16.1 Å². The van der Waals surface area contributed by atoms with Gasteiger partial charge in [0, 0.05) is 18.7 Å². The minimum atomic E-state index is 0.0567. The third-order valence-corrected chi connectivity index (χ3v) is 2.37. The van der Waals surface area contributed by atoms with E-state index in [-0.39, 0.29) is 5.78 Å². The van der Waals surface area contributed by atoms with Crippen molar-refractivity contribution in [2.45, 2.75) is 27.2 Å². The Balaban J connectivity index is 2.71. The van der Waals surface area contributed by atoms with Gasteiger partial charge in [-0.3, -0.25) is 4.79 Å². The summed E-state index contributed by atoms with van der Waals surface area (Å²) in [5.41, 5.74) is 0.607. The molecule has 0 radical (unpaired) electrons. The van der Waals surface area contributed by atoms with E-state index < -0.39 is 0 Å². The highest BCUT2D eigenvalue weighted by molar-refractivity contribution is 7.09. The van der Waals surface area contributed by atoms with E-state index in [0.29, 0.717) is 11.6 Å². The summed E-state index contributed by atoms with van der Waals surface area (Å²) in [6.45, 7) is 5.85. The van der Waals surface area contributed by atoms with Gasteiger partial charge in [0.1, 0.15) is 5.69 Å². The molecule has 0 aliphatic heterocycles. The number of nitrogens with zero attached hydrogens (tertiary/aromatic N) is 1. The number of carbonyl (C=O) groups is 1. The third-order valence-electron chi connectivity index (χ3n) is 1.50. The number of hydrogen-bond donors (Lipinski definition) is 0. The quantitative estimate of drug-likeness (QED) is 0.674. The first-order chi connectivity index (χ1) is 5.59. The molecule has 66 valence electrons. The van der Waals surface area contributed by atoms with Gasteiger partial charge in [0.2, 0.25) is 0 Å². The van der Waals surface area contributed by atoms with E-state index in [9.17, 15) is 4.79 Å². The molecule has 1 aromatic heterocycles. The van der Waals surface area contributed by atoms with Crippen LogP contribution >= 0.6 is 11.3 Å². The largest absolute Gasteiger partial charge is 0.293 e. The van der Waals surface area contributed by atoms with E-state index >= 15 is 0 Å². The van der Waals surface area contributed by atoms with E-state index in [0.717, 1.165) is 11.4 Å². The van der Waals surface area contributed by atoms with Gasteiger partial charge in [0.05, 0.1) is 5.01 Å². The summed E-state index contributed by atoms with van der Waals surface area (Å²) >= 11 is 1.57. The molecule has 1 rings (SSSR count). The zero-order valence-corrected chi connectivity index (χ0v) is 8.44. The van der Waals surface area contributed by atoms with Crippen molar-refractivity contribution in [1.82, 2.24) is 4.98 Å². The summed E-state index contributed by atoms with van der Waals surface area (Å²) in [5.74, 6) is 0.664. The maximum Gasteiger partial charge on any atom is 0.178 e. The molecule has 0 aliphatic carbocycles. The molecule has 1 heterocycles. The van der Waals surface area contributed by atoms with Crippen LogP contribution in [0.4, 0.5) is 0 Å². The van der Waals surface area contributed by atoms with Gasteiger partial charge in [0.15, 0.2) is 5.78 Å². The van der Waals surface area contributed by atoms with Crippen LogP contribution in [0, 0.1) is 5.92 Å². The molecule has 0 saturated heterocycles. The number of ketones is 1. The molecule has 0 aliphatic rings. The highest BCUT2D eigenvalue weighted by Gasteiger charge is 2.06. The van der Waals surface area contributed by atoms with Crippen molar-refractivity contribution in [2.75, 3.05) is 0 Å². The third kappa shape index (κ3) is 2.41. The molecule has 0 aromatic carbocycles. The molecule has 0 fully saturated rings. The molecule has 0 amide bonds. The maximum absolute atomic E-state index is 10.9. The second kappa shape index (κ2) is 3.81. The fourth-order valence-corrected chi connectivity index (χ4v) is 1.96. The summed E-state index contributed by atoms with van der Waals surface area (Å²) in [5, 5.41) is 2.90. The lowest BCUT2D eigenvalue weighted by Crippen LogP contribution is -1.96. The first-order valence-corrected chi connectivity index (χ1v) is 4.93. The number of carbonyl (C=O) groups excluding carboxylic acids is 1. The Hall–Kier alpha value is -0.700. The number of hydrogen-bond acceptors (Lipinski definition) is 3. The SMILES string of the molecule is CC(=O)c1csc(CC(C)C)n1. The van der Waals surface area contributed by atoms with E-state index in [4.69, 9.17) is 0 Å². The predicted octanol–water partition coefficient (Wildman–Crippen LogP) is 2.54. The Morgan fingerprint density at radius 1 is 1.67 bits per heavy atom. The van der Waals surface area contributed by atoms with Gasteiger partial charge in [0.25, 0.3) is 0 Å². The van der Waals surface area contributed by atoms with Crippen molar-refractivity contribution in [3.8, 4) is 0 Å². The van der Waals surface area contributed by atoms with Gasteiger partial charge in [-0.15, -0.1) is 11.3 Å². The molecule has 3 heteroatoms. The van der Waals surface area contributed by atoms with Gasteiger partial charge in [-0.25, -0.2) is 4.98 Å². The van der Waals surface area contributed by atoms with E-state index in [1.54, 1.807) is 18.3 Å². The molecular weight excluding hydrogens is 170 g/mol. The van der Waals surface area contributed by atoms with Crippen LogP contribution in [-0.4, -0.2) is 10.8 Å². The fraction of sp³-hybridized carbons (Fsp3) is 0.556. The Bertz CT molecular complexity index is 278. The van der Waals surface area contributed by atoms with Gasteiger partial charge in [-0.05, 0) is 5.92 Å². The number of thiazole rings is 1. The second-order valence-electron chi connectivity index (χ2n) is 3.28. The molecular formula is C9H13NOS. The minimum absolute atomic E-state index is 0.0567. The molecule has 12 heavy (non-hydrogen) atoms. The van der Waals surface area contributed by atoms with Crippen molar-refractivity contribution >= 4 is 17.1 Å². The van der Waals surface area contributed by atoms with Crippen molar-refractivity contribution < 1.29 is 4.79 Å². The topological polar surface area (TPSA) is 30.0 Å². The molecule has 0 unspecified atom stereocenters. The van der Waals surface area contributed by atoms with Gasteiger partial charge in [-0.2, -0.15) is 0 Å². The highest BCUT2D eigenvalue weighted by Crippen LogP contribution is 2.14. The summed E-state index contributed by atoms with van der Waals surface area (Å²) in [7, 11) is 0. The van der Waals surface area contributed by atoms with Crippen LogP contribution in [0.1, 0.15) is 36.3 Å². The Morgan fingerprint density at radius 2 is 2.33 bits per heavy atom. The van der Waals surface area contributed by atoms with Gasteiger partial charge >= 0.3 is 0 Å². The van der Waals surface area contributed by atoms with Crippen LogP contribution in [0.25, 0.3) is 0 Å². The fourth-order valence-electron chi connectivity index (χ4n) is 0.916.